The number of benzene rings is 1. The second-order valence-corrected chi connectivity index (χ2v) is 8.06. The number of oxime groups is 1. The average molecular weight is 485 g/mol. The third-order valence-electron chi connectivity index (χ3n) is 5.00. The Bertz CT molecular complexity index is 1230. The van der Waals surface area contributed by atoms with Crippen molar-refractivity contribution in [1.29, 1.82) is 0 Å². The molecule has 2 aliphatic heterocycles. The number of fused-ring (bicyclic) bond motifs is 1. The number of aromatic nitrogens is 1. The fourth-order valence-corrected chi connectivity index (χ4v) is 4.13. The number of thiazole rings is 1. The molecule has 0 spiro atoms. The van der Waals surface area contributed by atoms with Gasteiger partial charge in [0, 0.05) is 17.6 Å². The molecule has 176 valence electrons. The lowest BCUT2D eigenvalue weighted by Crippen LogP contribution is -2.46. The van der Waals surface area contributed by atoms with E-state index >= 15 is 0 Å². The van der Waals surface area contributed by atoms with Gasteiger partial charge in [-0.2, -0.15) is 0 Å². The quantitative estimate of drug-likeness (QED) is 0.300. The number of rotatable bonds is 7. The molecule has 1 aromatic carbocycles. The minimum Gasteiger partial charge on any atom is -0.477 e. The Morgan fingerprint density at radius 1 is 1.29 bits per heavy atom. The van der Waals surface area contributed by atoms with Crippen LogP contribution in [0.1, 0.15) is 5.69 Å². The van der Waals surface area contributed by atoms with E-state index in [-0.39, 0.29) is 35.2 Å². The van der Waals surface area contributed by atoms with Crippen molar-refractivity contribution in [1.82, 2.24) is 20.3 Å². The molecule has 0 aliphatic carbocycles. The van der Waals surface area contributed by atoms with Gasteiger partial charge in [0.2, 0.25) is 0 Å². The molecule has 0 bridgehead atoms. The SMILES string of the molecule is CO/N=C(\C(=O)N[C@H]1CN2CC(C(=O)Nc3ccccc3)=C(C(=O)O)N2C1=O)c1csc(N)n1. The maximum Gasteiger partial charge on any atom is 0.354 e. The van der Waals surface area contributed by atoms with Gasteiger partial charge in [-0.3, -0.25) is 14.4 Å². The zero-order valence-corrected chi connectivity index (χ0v) is 18.5. The standard InChI is InChI=1S/C20H19N7O6S/c1-33-25-14(13-9-34-20(21)24-13)17(29)23-12-8-26-7-11(15(19(31)32)27(26)18(12)30)16(28)22-10-5-3-2-4-6-10/h2-6,9,12H,7-8H2,1H3,(H2,21,24)(H,22,28)(H,23,29)(H,31,32)/b25-14-/t12-/m0/s1. The molecule has 5 N–H and O–H groups in total. The van der Waals surface area contributed by atoms with Crippen molar-refractivity contribution in [2.75, 3.05) is 31.2 Å². The molecule has 2 aromatic rings. The maximum absolute atomic E-state index is 13.0. The van der Waals surface area contributed by atoms with E-state index < -0.39 is 35.4 Å². The van der Waals surface area contributed by atoms with E-state index in [1.54, 1.807) is 30.3 Å². The van der Waals surface area contributed by atoms with E-state index in [0.29, 0.717) is 5.69 Å². The fraction of sp³-hybridized carbons (Fsp3) is 0.200. The summed E-state index contributed by atoms with van der Waals surface area (Å²) < 4.78 is 0. The van der Waals surface area contributed by atoms with Crippen molar-refractivity contribution in [3.8, 4) is 0 Å². The first-order valence-electron chi connectivity index (χ1n) is 9.85. The summed E-state index contributed by atoms with van der Waals surface area (Å²) in [6.45, 7) is -0.178. The average Bonchev–Trinajstić information content (AvgIpc) is 3.48. The van der Waals surface area contributed by atoms with Gasteiger partial charge < -0.3 is 26.3 Å². The number of anilines is 2. The third kappa shape index (κ3) is 4.31. The van der Waals surface area contributed by atoms with E-state index in [2.05, 4.69) is 20.8 Å². The number of carbonyl (C=O) groups excluding carboxylic acids is 3. The number of amides is 3. The molecule has 4 rings (SSSR count). The molecule has 1 fully saturated rings. The van der Waals surface area contributed by atoms with E-state index in [1.807, 2.05) is 0 Å². The van der Waals surface area contributed by atoms with Crippen molar-refractivity contribution in [2.45, 2.75) is 6.04 Å². The Kier molecular flexibility index (Phi) is 6.25. The summed E-state index contributed by atoms with van der Waals surface area (Å²) in [5.41, 5.74) is 5.53. The van der Waals surface area contributed by atoms with Crippen molar-refractivity contribution in [3.05, 3.63) is 52.7 Å². The number of carboxylic acids is 1. The van der Waals surface area contributed by atoms with Crippen LogP contribution in [0.5, 0.6) is 0 Å². The van der Waals surface area contributed by atoms with Gasteiger partial charge in [0.1, 0.15) is 18.8 Å². The molecule has 0 radical (unpaired) electrons. The molecule has 0 unspecified atom stereocenters. The highest BCUT2D eigenvalue weighted by molar-refractivity contribution is 7.13. The predicted octanol–water partition coefficient (Wildman–Crippen LogP) is -0.389. The van der Waals surface area contributed by atoms with Crippen LogP contribution in [0.3, 0.4) is 0 Å². The molecule has 3 heterocycles. The Morgan fingerprint density at radius 3 is 2.65 bits per heavy atom. The molecule has 3 amide bonds. The summed E-state index contributed by atoms with van der Waals surface area (Å²) in [6.07, 6.45) is 0. The van der Waals surface area contributed by atoms with Crippen molar-refractivity contribution in [2.24, 2.45) is 5.16 Å². The minimum absolute atomic E-state index is 0.0526. The van der Waals surface area contributed by atoms with E-state index in [1.165, 1.54) is 17.5 Å². The molecular formula is C20H19N7O6S. The number of nitrogens with zero attached hydrogens (tertiary/aromatic N) is 4. The summed E-state index contributed by atoms with van der Waals surface area (Å²) in [5.74, 6) is -3.54. The minimum atomic E-state index is -1.44. The lowest BCUT2D eigenvalue weighted by atomic mass is 10.1. The number of carbonyl (C=O) groups is 4. The molecule has 0 saturated carbocycles. The van der Waals surface area contributed by atoms with Crippen LogP contribution in [0.4, 0.5) is 10.8 Å². The summed E-state index contributed by atoms with van der Waals surface area (Å²) in [7, 11) is 1.25. The van der Waals surface area contributed by atoms with Crippen LogP contribution >= 0.6 is 11.3 Å². The van der Waals surface area contributed by atoms with Gasteiger partial charge in [-0.25, -0.2) is 19.8 Å². The summed E-state index contributed by atoms with van der Waals surface area (Å²) >= 11 is 1.10. The molecule has 34 heavy (non-hydrogen) atoms. The smallest absolute Gasteiger partial charge is 0.354 e. The first-order valence-corrected chi connectivity index (χ1v) is 10.7. The van der Waals surface area contributed by atoms with Gasteiger partial charge in [-0.1, -0.05) is 23.4 Å². The number of hydrogen-bond donors (Lipinski definition) is 4. The van der Waals surface area contributed by atoms with Crippen LogP contribution < -0.4 is 16.4 Å². The van der Waals surface area contributed by atoms with Crippen molar-refractivity contribution >= 4 is 51.6 Å². The van der Waals surface area contributed by atoms with Crippen molar-refractivity contribution < 1.29 is 29.1 Å². The highest BCUT2D eigenvalue weighted by Crippen LogP contribution is 2.30. The van der Waals surface area contributed by atoms with Crippen LogP contribution in [-0.4, -0.2) is 75.8 Å². The molecule has 14 heteroatoms. The zero-order chi connectivity index (χ0) is 24.4. The van der Waals surface area contributed by atoms with Crippen LogP contribution in [0.2, 0.25) is 0 Å². The normalized spacial score (nSPS) is 18.1. The van der Waals surface area contributed by atoms with Gasteiger partial charge in [-0.15, -0.1) is 11.3 Å². The third-order valence-corrected chi connectivity index (χ3v) is 5.67. The second kappa shape index (κ2) is 9.29. The predicted molar refractivity (Wildman–Crippen MR) is 120 cm³/mol. The molecule has 2 aliphatic rings. The van der Waals surface area contributed by atoms with Gasteiger partial charge >= 0.3 is 5.97 Å². The lowest BCUT2D eigenvalue weighted by molar-refractivity contribution is -0.143. The zero-order valence-electron chi connectivity index (χ0n) is 17.7. The van der Waals surface area contributed by atoms with E-state index in [0.717, 1.165) is 16.3 Å². The van der Waals surface area contributed by atoms with Gasteiger partial charge in [0.05, 0.1) is 12.1 Å². The van der Waals surface area contributed by atoms with Crippen LogP contribution in [0.25, 0.3) is 0 Å². The van der Waals surface area contributed by atoms with Crippen LogP contribution in [0, 0.1) is 0 Å². The Balaban J connectivity index is 1.53. The van der Waals surface area contributed by atoms with Gasteiger partial charge in [0.25, 0.3) is 17.7 Å². The number of hydrazine groups is 1. The van der Waals surface area contributed by atoms with E-state index in [4.69, 9.17) is 10.6 Å². The number of nitrogens with two attached hydrogens (primary N) is 1. The Hall–Kier alpha value is -4.30. The monoisotopic (exact) mass is 485 g/mol. The molecule has 13 nitrogen and oxygen atoms in total. The fourth-order valence-electron chi connectivity index (χ4n) is 3.58. The lowest BCUT2D eigenvalue weighted by Gasteiger charge is -2.19. The first-order chi connectivity index (χ1) is 16.3. The number of nitrogens with one attached hydrogen (secondary N) is 2. The summed E-state index contributed by atoms with van der Waals surface area (Å²) in [4.78, 5) is 59.2. The summed E-state index contributed by atoms with van der Waals surface area (Å²) in [5, 5.41) is 22.6. The Morgan fingerprint density at radius 2 is 2.03 bits per heavy atom. The number of para-hydroxylation sites is 1. The van der Waals surface area contributed by atoms with Crippen molar-refractivity contribution in [3.63, 3.8) is 0 Å². The highest BCUT2D eigenvalue weighted by atomic mass is 32.1. The molecule has 1 aromatic heterocycles. The Labute approximate surface area is 196 Å². The van der Waals surface area contributed by atoms with E-state index in [9.17, 15) is 24.3 Å². The second-order valence-electron chi connectivity index (χ2n) is 7.17. The number of carboxylic acid groups (broad SMARTS) is 1. The molecular weight excluding hydrogens is 466 g/mol. The van der Waals surface area contributed by atoms with Crippen LogP contribution in [-0.2, 0) is 24.0 Å². The largest absolute Gasteiger partial charge is 0.477 e. The van der Waals surface area contributed by atoms with Gasteiger partial charge in [0.15, 0.2) is 16.5 Å². The topological polar surface area (TPSA) is 180 Å². The number of hydrogen-bond acceptors (Lipinski definition) is 10. The summed E-state index contributed by atoms with van der Waals surface area (Å²) in [6, 6.07) is 7.43. The highest BCUT2D eigenvalue weighted by Gasteiger charge is 2.49. The maximum atomic E-state index is 13.0. The molecule has 1 atom stereocenters. The first kappa shape index (κ1) is 22.9. The number of aliphatic carboxylic acids is 1. The number of nitrogen functional groups attached to an aromatic ring is 1. The van der Waals surface area contributed by atoms with Gasteiger partial charge in [-0.05, 0) is 12.1 Å². The molecule has 1 saturated heterocycles. The van der Waals surface area contributed by atoms with Crippen LogP contribution in [0.15, 0.2) is 52.1 Å².